The maximum atomic E-state index is 10.7. The standard InChI is InChI=1S/C13H22N2O3/c1-6-14(5)9-10-18-13(8-7-11(2)3)12(4)15(16)17/h7-8H,2,6,9-10H2,1,3-5H3/b8-7-,13-12-. The average molecular weight is 254 g/mol. The van der Waals surface area contributed by atoms with E-state index >= 15 is 0 Å². The Morgan fingerprint density at radius 1 is 1.44 bits per heavy atom. The number of allylic oxidation sites excluding steroid dienone is 4. The lowest BCUT2D eigenvalue weighted by Crippen LogP contribution is -2.22. The summed E-state index contributed by atoms with van der Waals surface area (Å²) in [5, 5.41) is 10.7. The molecule has 0 aromatic carbocycles. The molecular formula is C13H22N2O3. The van der Waals surface area contributed by atoms with Gasteiger partial charge in [-0.15, -0.1) is 0 Å². The second-order valence-corrected chi connectivity index (χ2v) is 4.13. The Morgan fingerprint density at radius 2 is 2.06 bits per heavy atom. The van der Waals surface area contributed by atoms with Crippen molar-refractivity contribution in [1.82, 2.24) is 4.90 Å². The van der Waals surface area contributed by atoms with Crippen LogP contribution in [0.25, 0.3) is 0 Å². The normalized spacial score (nSPS) is 12.7. The smallest absolute Gasteiger partial charge is 0.284 e. The Kier molecular flexibility index (Phi) is 7.71. The molecule has 0 saturated carbocycles. The lowest BCUT2D eigenvalue weighted by molar-refractivity contribution is -0.427. The molecule has 0 atom stereocenters. The molecule has 0 unspecified atom stereocenters. The molecule has 102 valence electrons. The van der Waals surface area contributed by atoms with Gasteiger partial charge in [0.15, 0.2) is 5.76 Å². The molecule has 0 aromatic rings. The molecule has 5 heteroatoms. The first-order chi connectivity index (χ1) is 8.38. The van der Waals surface area contributed by atoms with Gasteiger partial charge in [-0.2, -0.15) is 0 Å². The Balaban J connectivity index is 4.65. The molecule has 5 nitrogen and oxygen atoms in total. The minimum Gasteiger partial charge on any atom is -0.486 e. The van der Waals surface area contributed by atoms with E-state index < -0.39 is 4.92 Å². The maximum Gasteiger partial charge on any atom is 0.284 e. The Morgan fingerprint density at radius 3 is 2.50 bits per heavy atom. The van der Waals surface area contributed by atoms with E-state index in [1.165, 1.54) is 6.92 Å². The van der Waals surface area contributed by atoms with Crippen LogP contribution in [0.3, 0.4) is 0 Å². The van der Waals surface area contributed by atoms with Crippen LogP contribution in [0.4, 0.5) is 0 Å². The fraction of sp³-hybridized carbons (Fsp3) is 0.538. The van der Waals surface area contributed by atoms with Crippen LogP contribution >= 0.6 is 0 Å². The number of hydrogen-bond donors (Lipinski definition) is 0. The van der Waals surface area contributed by atoms with Crippen molar-refractivity contribution in [1.29, 1.82) is 0 Å². The monoisotopic (exact) mass is 254 g/mol. The van der Waals surface area contributed by atoms with Gasteiger partial charge in [0.05, 0.1) is 4.92 Å². The molecule has 18 heavy (non-hydrogen) atoms. The molecule has 0 aliphatic carbocycles. The SMILES string of the molecule is C=C(C)/C=C\C(OCCN(C)CC)=C(/C)[N+](=O)[O-]. The third-order valence-corrected chi connectivity index (χ3v) is 2.42. The number of nitrogens with zero attached hydrogens (tertiary/aromatic N) is 2. The summed E-state index contributed by atoms with van der Waals surface area (Å²) in [7, 11) is 1.97. The van der Waals surface area contributed by atoms with E-state index in [0.29, 0.717) is 6.61 Å². The third kappa shape index (κ3) is 6.85. The zero-order chi connectivity index (χ0) is 14.1. The Bertz CT molecular complexity index is 359. The number of rotatable bonds is 8. The molecule has 0 saturated heterocycles. The van der Waals surface area contributed by atoms with Gasteiger partial charge < -0.3 is 9.64 Å². The quantitative estimate of drug-likeness (QED) is 0.289. The van der Waals surface area contributed by atoms with Gasteiger partial charge in [-0.1, -0.05) is 25.2 Å². The van der Waals surface area contributed by atoms with Gasteiger partial charge in [0.25, 0.3) is 5.70 Å². The minimum atomic E-state index is -0.443. The summed E-state index contributed by atoms with van der Waals surface area (Å²) in [6.45, 7) is 11.1. The van der Waals surface area contributed by atoms with Gasteiger partial charge in [-0.05, 0) is 26.6 Å². The molecule has 0 amide bonds. The van der Waals surface area contributed by atoms with Crippen LogP contribution in [0.1, 0.15) is 20.8 Å². The molecule has 0 N–H and O–H groups in total. The van der Waals surface area contributed by atoms with Gasteiger partial charge >= 0.3 is 0 Å². The van der Waals surface area contributed by atoms with Crippen LogP contribution in [0.5, 0.6) is 0 Å². The highest BCUT2D eigenvalue weighted by Crippen LogP contribution is 2.10. The van der Waals surface area contributed by atoms with E-state index in [2.05, 4.69) is 11.5 Å². The largest absolute Gasteiger partial charge is 0.486 e. The van der Waals surface area contributed by atoms with Crippen molar-refractivity contribution in [3.05, 3.63) is 45.9 Å². The van der Waals surface area contributed by atoms with E-state index in [9.17, 15) is 10.1 Å². The zero-order valence-corrected chi connectivity index (χ0v) is 11.6. The van der Waals surface area contributed by atoms with Gasteiger partial charge in [0.1, 0.15) is 6.61 Å². The minimum absolute atomic E-state index is 0.00616. The number of nitro groups is 1. The van der Waals surface area contributed by atoms with Gasteiger partial charge in [-0.25, -0.2) is 0 Å². The number of hydrogen-bond acceptors (Lipinski definition) is 4. The van der Waals surface area contributed by atoms with Crippen LogP contribution in [0.15, 0.2) is 35.8 Å². The van der Waals surface area contributed by atoms with Crippen molar-refractivity contribution in [3.8, 4) is 0 Å². The second-order valence-electron chi connectivity index (χ2n) is 4.13. The van der Waals surface area contributed by atoms with E-state index in [-0.39, 0.29) is 11.5 Å². The highest BCUT2D eigenvalue weighted by molar-refractivity contribution is 5.22. The van der Waals surface area contributed by atoms with E-state index in [4.69, 9.17) is 4.74 Å². The van der Waals surface area contributed by atoms with Crippen molar-refractivity contribution < 1.29 is 9.66 Å². The van der Waals surface area contributed by atoms with Crippen molar-refractivity contribution in [2.24, 2.45) is 0 Å². The van der Waals surface area contributed by atoms with Crippen molar-refractivity contribution in [2.75, 3.05) is 26.7 Å². The molecular weight excluding hydrogens is 232 g/mol. The summed E-state index contributed by atoms with van der Waals surface area (Å²) in [5.74, 6) is 0.285. The van der Waals surface area contributed by atoms with Crippen LogP contribution in [0.2, 0.25) is 0 Å². The van der Waals surface area contributed by atoms with Crippen LogP contribution in [0, 0.1) is 10.1 Å². The number of ether oxygens (including phenoxy) is 1. The van der Waals surface area contributed by atoms with Crippen molar-refractivity contribution >= 4 is 0 Å². The first-order valence-corrected chi connectivity index (χ1v) is 5.88. The summed E-state index contributed by atoms with van der Waals surface area (Å²) < 4.78 is 5.46. The van der Waals surface area contributed by atoms with Crippen LogP contribution in [-0.2, 0) is 4.74 Å². The molecule has 0 aliphatic heterocycles. The highest BCUT2D eigenvalue weighted by Gasteiger charge is 2.11. The van der Waals surface area contributed by atoms with Gasteiger partial charge in [-0.3, -0.25) is 10.1 Å². The molecule has 0 spiro atoms. The summed E-state index contributed by atoms with van der Waals surface area (Å²) >= 11 is 0. The Labute approximate surface area is 109 Å². The van der Waals surface area contributed by atoms with Crippen LogP contribution in [-0.4, -0.2) is 36.6 Å². The molecule has 0 bridgehead atoms. The average Bonchev–Trinajstić information content (AvgIpc) is 2.31. The van der Waals surface area contributed by atoms with E-state index in [1.807, 2.05) is 20.9 Å². The van der Waals surface area contributed by atoms with Gasteiger partial charge in [0.2, 0.25) is 0 Å². The predicted molar refractivity (Wildman–Crippen MR) is 72.8 cm³/mol. The lowest BCUT2D eigenvalue weighted by atomic mass is 10.3. The van der Waals surface area contributed by atoms with Crippen molar-refractivity contribution in [2.45, 2.75) is 20.8 Å². The van der Waals surface area contributed by atoms with E-state index in [1.54, 1.807) is 12.2 Å². The second kappa shape index (κ2) is 8.47. The van der Waals surface area contributed by atoms with Crippen LogP contribution < -0.4 is 0 Å². The summed E-state index contributed by atoms with van der Waals surface area (Å²) in [5.41, 5.74) is 0.824. The topological polar surface area (TPSA) is 55.6 Å². The predicted octanol–water partition coefficient (Wildman–Crippen LogP) is 2.60. The van der Waals surface area contributed by atoms with Gasteiger partial charge in [0, 0.05) is 13.5 Å². The van der Waals surface area contributed by atoms with Crippen molar-refractivity contribution in [3.63, 3.8) is 0 Å². The summed E-state index contributed by atoms with van der Waals surface area (Å²) in [4.78, 5) is 12.4. The first kappa shape index (κ1) is 16.4. The lowest BCUT2D eigenvalue weighted by Gasteiger charge is -2.14. The zero-order valence-electron chi connectivity index (χ0n) is 11.6. The third-order valence-electron chi connectivity index (χ3n) is 2.42. The molecule has 0 aliphatic rings. The molecule has 0 aromatic heterocycles. The molecule has 0 radical (unpaired) electrons. The highest BCUT2D eigenvalue weighted by atomic mass is 16.6. The first-order valence-electron chi connectivity index (χ1n) is 5.88. The molecule has 0 heterocycles. The summed E-state index contributed by atoms with van der Waals surface area (Å²) in [6, 6.07) is 0. The summed E-state index contributed by atoms with van der Waals surface area (Å²) in [6.07, 6.45) is 3.29. The number of likely N-dealkylation sites (N-methyl/N-ethyl adjacent to an activating group) is 1. The maximum absolute atomic E-state index is 10.7. The fourth-order valence-corrected chi connectivity index (χ4v) is 1.05. The fourth-order valence-electron chi connectivity index (χ4n) is 1.05. The molecule has 0 rings (SSSR count). The van der Waals surface area contributed by atoms with E-state index in [0.717, 1.165) is 18.7 Å². The Hall–Kier alpha value is -1.62. The molecule has 0 fully saturated rings.